The van der Waals surface area contributed by atoms with Crippen molar-refractivity contribution in [3.05, 3.63) is 106 Å². The van der Waals surface area contributed by atoms with E-state index in [1.807, 2.05) is 0 Å². The van der Waals surface area contributed by atoms with Gasteiger partial charge in [-0.05, 0) is 115 Å². The highest BCUT2D eigenvalue weighted by Crippen LogP contribution is 2.51. The molecule has 2 aliphatic heterocycles. The Morgan fingerprint density at radius 2 is 1.17 bits per heavy atom. The van der Waals surface area contributed by atoms with Crippen LogP contribution in [-0.2, 0) is 32.5 Å². The van der Waals surface area contributed by atoms with Gasteiger partial charge < -0.3 is 9.32 Å². The fraction of sp³-hybridized carbons (Fsp3) is 0.469. The second-order valence-corrected chi connectivity index (χ2v) is 21.4. The van der Waals surface area contributed by atoms with Gasteiger partial charge in [0.25, 0.3) is 6.71 Å². The van der Waals surface area contributed by atoms with Gasteiger partial charge in [-0.1, -0.05) is 146 Å². The summed E-state index contributed by atoms with van der Waals surface area (Å²) in [6, 6.07) is 26.6. The highest BCUT2D eigenvalue weighted by molar-refractivity contribution is 6.98. The molecule has 8 rings (SSSR count). The summed E-state index contributed by atoms with van der Waals surface area (Å²) in [5.74, 6) is 0. The first-order chi connectivity index (χ1) is 23.9. The molecule has 2 nitrogen and oxygen atoms in total. The highest BCUT2D eigenvalue weighted by atomic mass is 16.3. The van der Waals surface area contributed by atoms with Crippen molar-refractivity contribution in [1.82, 2.24) is 0 Å². The monoisotopic (exact) mass is 689 g/mol. The van der Waals surface area contributed by atoms with E-state index in [1.165, 1.54) is 85.2 Å². The lowest BCUT2D eigenvalue weighted by Gasteiger charge is -2.47. The van der Waals surface area contributed by atoms with Gasteiger partial charge >= 0.3 is 0 Å². The van der Waals surface area contributed by atoms with E-state index in [2.05, 4.69) is 175 Å². The number of hydrogen-bond acceptors (Lipinski definition) is 2. The Morgan fingerprint density at radius 1 is 0.596 bits per heavy atom. The molecule has 3 heteroatoms. The van der Waals surface area contributed by atoms with E-state index in [0.29, 0.717) is 0 Å². The number of nitrogens with zero attached hydrogens (tertiary/aromatic N) is 1. The van der Waals surface area contributed by atoms with Gasteiger partial charge in [0, 0.05) is 22.2 Å². The maximum absolute atomic E-state index is 7.27. The first-order valence-corrected chi connectivity index (χ1v) is 19.8. The Hall–Kier alpha value is -3.72. The van der Waals surface area contributed by atoms with Crippen LogP contribution in [0.15, 0.2) is 71.1 Å². The van der Waals surface area contributed by atoms with E-state index in [0.717, 1.165) is 11.2 Å². The molecule has 5 aromatic rings. The molecule has 4 aromatic carbocycles. The lowest BCUT2D eigenvalue weighted by Crippen LogP contribution is -2.64. The highest BCUT2D eigenvalue weighted by Gasteiger charge is 2.50. The van der Waals surface area contributed by atoms with Crippen LogP contribution in [0.2, 0.25) is 0 Å². The molecule has 0 amide bonds. The van der Waals surface area contributed by atoms with E-state index in [4.69, 9.17) is 4.42 Å². The summed E-state index contributed by atoms with van der Waals surface area (Å²) < 4.78 is 7.27. The standard InChI is InChI=1S/C49H60BNO/c1-44(2,3)29-19-20-40-33(26-29)42-43(52-40)50-38-28-36-35(47(10,11)21-22-48(36,12)13)27-37(38)49(14,15)34-17-16-18-39(41(34)50)51(42)32-24-30(45(4,5)6)23-31(25-32)46(7,8)9/h16-20,23-28H,21-22H2,1-15H3. The van der Waals surface area contributed by atoms with Crippen molar-refractivity contribution in [3.63, 3.8) is 0 Å². The second-order valence-electron chi connectivity index (χ2n) is 21.4. The number of hydrogen-bond donors (Lipinski definition) is 0. The smallest absolute Gasteiger partial charge is 0.293 e. The average Bonchev–Trinajstić information content (AvgIpc) is 3.41. The van der Waals surface area contributed by atoms with Crippen molar-refractivity contribution in [2.24, 2.45) is 0 Å². The van der Waals surface area contributed by atoms with Crippen molar-refractivity contribution in [2.45, 2.75) is 149 Å². The molecule has 0 unspecified atom stereocenters. The van der Waals surface area contributed by atoms with E-state index < -0.39 is 0 Å². The van der Waals surface area contributed by atoms with Crippen LogP contribution in [0.1, 0.15) is 156 Å². The number of fused-ring (bicyclic) bond motifs is 7. The van der Waals surface area contributed by atoms with Gasteiger partial charge in [-0.25, -0.2) is 0 Å². The molecule has 0 saturated heterocycles. The van der Waals surface area contributed by atoms with E-state index in [1.54, 1.807) is 0 Å². The lowest BCUT2D eigenvalue weighted by molar-refractivity contribution is 0.331. The molecule has 1 aromatic heterocycles. The summed E-state index contributed by atoms with van der Waals surface area (Å²) in [4.78, 5) is 2.58. The molecule has 0 spiro atoms. The maximum Gasteiger partial charge on any atom is 0.293 e. The van der Waals surface area contributed by atoms with Crippen molar-refractivity contribution in [1.29, 1.82) is 0 Å². The average molecular weight is 690 g/mol. The van der Waals surface area contributed by atoms with Gasteiger partial charge in [0.05, 0.1) is 11.3 Å². The third-order valence-corrected chi connectivity index (χ3v) is 13.2. The molecule has 0 saturated carbocycles. The van der Waals surface area contributed by atoms with Gasteiger partial charge in [0.2, 0.25) is 0 Å². The quantitative estimate of drug-likeness (QED) is 0.160. The Morgan fingerprint density at radius 3 is 1.75 bits per heavy atom. The van der Waals surface area contributed by atoms with Crippen molar-refractivity contribution in [2.75, 3.05) is 4.90 Å². The predicted molar refractivity (Wildman–Crippen MR) is 226 cm³/mol. The topological polar surface area (TPSA) is 16.4 Å². The van der Waals surface area contributed by atoms with Crippen LogP contribution in [-0.4, -0.2) is 6.71 Å². The summed E-state index contributed by atoms with van der Waals surface area (Å²) in [6.45, 7) is 35.7. The van der Waals surface area contributed by atoms with Gasteiger partial charge in [0.1, 0.15) is 5.58 Å². The van der Waals surface area contributed by atoms with Crippen LogP contribution < -0.4 is 21.5 Å². The van der Waals surface area contributed by atoms with Crippen LogP contribution >= 0.6 is 0 Å². The molecular formula is C49H60BNO. The molecule has 3 heterocycles. The Kier molecular flexibility index (Phi) is 7.27. The van der Waals surface area contributed by atoms with Gasteiger partial charge in [-0.15, -0.1) is 0 Å². The molecular weight excluding hydrogens is 629 g/mol. The van der Waals surface area contributed by atoms with Gasteiger partial charge in [-0.3, -0.25) is 0 Å². The zero-order valence-corrected chi connectivity index (χ0v) is 34.7. The second kappa shape index (κ2) is 10.7. The normalized spacial score (nSPS) is 18.5. The number of anilines is 3. The molecule has 0 atom stereocenters. The largest absolute Gasteiger partial charge is 0.468 e. The zero-order chi connectivity index (χ0) is 37.7. The van der Waals surface area contributed by atoms with Crippen LogP contribution in [0.4, 0.5) is 17.1 Å². The summed E-state index contributed by atoms with van der Waals surface area (Å²) in [6.07, 6.45) is 2.40. The van der Waals surface area contributed by atoms with Crippen LogP contribution in [0, 0.1) is 0 Å². The summed E-state index contributed by atoms with van der Waals surface area (Å²) in [5, 5.41) is 1.20. The Labute approximate surface area is 314 Å². The summed E-state index contributed by atoms with van der Waals surface area (Å²) in [7, 11) is 0. The molecule has 0 fully saturated rings. The van der Waals surface area contributed by atoms with Crippen molar-refractivity contribution >= 4 is 51.3 Å². The van der Waals surface area contributed by atoms with Crippen molar-refractivity contribution in [3.8, 4) is 0 Å². The molecule has 0 N–H and O–H groups in total. The third kappa shape index (κ3) is 5.11. The fourth-order valence-electron chi connectivity index (χ4n) is 9.57. The number of benzene rings is 4. The molecule has 3 aliphatic rings. The molecule has 1 aliphatic carbocycles. The minimum Gasteiger partial charge on any atom is -0.468 e. The lowest BCUT2D eigenvalue weighted by atomic mass is 9.31. The SMILES string of the molecule is CC(C)(C)c1cc(N2c3cccc4c3B(c3cc5c(cc3C4(C)C)C(C)(C)CCC5(C)C)c3oc4ccc(C(C)(C)C)cc4c32)cc(C(C)(C)C)c1. The summed E-state index contributed by atoms with van der Waals surface area (Å²) in [5.41, 5.74) is 18.5. The van der Waals surface area contributed by atoms with Crippen molar-refractivity contribution < 1.29 is 4.42 Å². The Balaban J connectivity index is 1.52. The van der Waals surface area contributed by atoms with E-state index >= 15 is 0 Å². The molecule has 270 valence electrons. The minimum atomic E-state index is -0.178. The maximum atomic E-state index is 7.27. The van der Waals surface area contributed by atoms with Crippen LogP contribution in [0.3, 0.4) is 0 Å². The first kappa shape index (κ1) is 35.3. The number of furan rings is 1. The first-order valence-electron chi connectivity index (χ1n) is 19.8. The van der Waals surface area contributed by atoms with Gasteiger partial charge in [-0.2, -0.15) is 0 Å². The van der Waals surface area contributed by atoms with Gasteiger partial charge in [0.15, 0.2) is 0 Å². The fourth-order valence-corrected chi connectivity index (χ4v) is 9.57. The minimum absolute atomic E-state index is 0.00462. The van der Waals surface area contributed by atoms with E-state index in [9.17, 15) is 0 Å². The molecule has 52 heavy (non-hydrogen) atoms. The zero-order valence-electron chi connectivity index (χ0n) is 34.7. The number of rotatable bonds is 1. The third-order valence-electron chi connectivity index (χ3n) is 13.2. The van der Waals surface area contributed by atoms with Crippen LogP contribution in [0.25, 0.3) is 11.0 Å². The summed E-state index contributed by atoms with van der Waals surface area (Å²) >= 11 is 0. The van der Waals surface area contributed by atoms with E-state index in [-0.39, 0.29) is 39.2 Å². The predicted octanol–water partition coefficient (Wildman–Crippen LogP) is 11.6. The Bertz CT molecular complexity index is 2260. The van der Waals surface area contributed by atoms with Crippen LogP contribution in [0.5, 0.6) is 0 Å². The molecule has 0 bridgehead atoms. The molecule has 0 radical (unpaired) electrons.